The lowest BCUT2D eigenvalue weighted by Crippen LogP contribution is -2.22. The maximum Gasteiger partial charge on any atom is 0.191 e. The lowest BCUT2D eigenvalue weighted by molar-refractivity contribution is -0.299. The first-order valence-electron chi connectivity index (χ1n) is 4.25. The Hall–Kier alpha value is -0.990. The molecule has 0 amide bonds. The molecule has 1 aliphatic heterocycles. The first-order valence-corrected chi connectivity index (χ1v) is 4.25. The summed E-state index contributed by atoms with van der Waals surface area (Å²) < 4.78 is 5.11. The molecule has 0 saturated heterocycles. The van der Waals surface area contributed by atoms with E-state index in [2.05, 4.69) is 0 Å². The van der Waals surface area contributed by atoms with Crippen molar-refractivity contribution < 1.29 is 14.6 Å². The summed E-state index contributed by atoms with van der Waals surface area (Å²) >= 11 is 0. The molecule has 1 rings (SSSR count). The smallest absolute Gasteiger partial charge is 0.191 e. The zero-order valence-corrected chi connectivity index (χ0v) is 7.42. The van der Waals surface area contributed by atoms with E-state index in [9.17, 15) is 9.90 Å². The number of hydrogen-bond donors (Lipinski definition) is 0. The van der Waals surface area contributed by atoms with Crippen LogP contribution >= 0.6 is 0 Å². The number of hydrogen-bond acceptors (Lipinski definition) is 3. The standard InChI is InChI=1S/C9H14O3/c1-3-4-5-7-9(11)8(10)6(2)12-7/h7,10H,3-5H2,1-2H3/p-1. The molecular formula is C9H13O3-. The first-order chi connectivity index (χ1) is 5.66. The van der Waals surface area contributed by atoms with E-state index in [1.807, 2.05) is 6.92 Å². The van der Waals surface area contributed by atoms with Crippen LogP contribution in [-0.4, -0.2) is 11.9 Å². The monoisotopic (exact) mass is 169 g/mol. The Bertz CT molecular complexity index is 218. The highest BCUT2D eigenvalue weighted by molar-refractivity contribution is 5.98. The van der Waals surface area contributed by atoms with E-state index in [-0.39, 0.29) is 11.5 Å². The first kappa shape index (κ1) is 9.10. The van der Waals surface area contributed by atoms with E-state index in [0.29, 0.717) is 6.42 Å². The van der Waals surface area contributed by atoms with Gasteiger partial charge >= 0.3 is 0 Å². The molecule has 0 N–H and O–H groups in total. The Morgan fingerprint density at radius 2 is 2.25 bits per heavy atom. The summed E-state index contributed by atoms with van der Waals surface area (Å²) in [5, 5.41) is 11.0. The molecule has 0 spiro atoms. The van der Waals surface area contributed by atoms with Crippen molar-refractivity contribution in [2.75, 3.05) is 0 Å². The lowest BCUT2D eigenvalue weighted by Gasteiger charge is -2.09. The van der Waals surface area contributed by atoms with Gasteiger partial charge in [0.2, 0.25) is 0 Å². The minimum absolute atomic E-state index is 0.251. The van der Waals surface area contributed by atoms with Gasteiger partial charge in [0.1, 0.15) is 0 Å². The predicted octanol–water partition coefficient (Wildman–Crippen LogP) is 0.736. The fourth-order valence-electron chi connectivity index (χ4n) is 1.22. The highest BCUT2D eigenvalue weighted by Crippen LogP contribution is 2.21. The van der Waals surface area contributed by atoms with Crippen LogP contribution in [0.25, 0.3) is 0 Å². The number of rotatable bonds is 3. The summed E-state index contributed by atoms with van der Waals surface area (Å²) in [6, 6.07) is 0. The Morgan fingerprint density at radius 1 is 1.58 bits per heavy atom. The average Bonchev–Trinajstić information content (AvgIpc) is 2.30. The van der Waals surface area contributed by atoms with Crippen LogP contribution in [0.1, 0.15) is 33.1 Å². The van der Waals surface area contributed by atoms with Crippen LogP contribution in [-0.2, 0) is 9.53 Å². The molecule has 0 aromatic rings. The highest BCUT2D eigenvalue weighted by Gasteiger charge is 2.26. The van der Waals surface area contributed by atoms with Crippen LogP contribution in [0, 0.1) is 0 Å². The van der Waals surface area contributed by atoms with Crippen molar-refractivity contribution in [1.82, 2.24) is 0 Å². The van der Waals surface area contributed by atoms with Gasteiger partial charge < -0.3 is 9.84 Å². The maximum atomic E-state index is 11.1. The number of ether oxygens (including phenoxy) is 1. The molecular weight excluding hydrogens is 156 g/mol. The summed E-state index contributed by atoms with van der Waals surface area (Å²) in [5.74, 6) is -0.571. The number of unbranched alkanes of at least 4 members (excludes halogenated alkanes) is 1. The molecule has 12 heavy (non-hydrogen) atoms. The van der Waals surface area contributed by atoms with Gasteiger partial charge in [0.05, 0.1) is 5.76 Å². The Morgan fingerprint density at radius 3 is 2.67 bits per heavy atom. The van der Waals surface area contributed by atoms with E-state index < -0.39 is 11.9 Å². The largest absolute Gasteiger partial charge is 0.868 e. The van der Waals surface area contributed by atoms with Gasteiger partial charge in [0.25, 0.3) is 0 Å². The third kappa shape index (κ3) is 1.60. The van der Waals surface area contributed by atoms with Gasteiger partial charge in [0, 0.05) is 0 Å². The van der Waals surface area contributed by atoms with E-state index >= 15 is 0 Å². The second kappa shape index (κ2) is 3.61. The molecule has 0 aromatic heterocycles. The van der Waals surface area contributed by atoms with Crippen molar-refractivity contribution >= 4 is 5.78 Å². The quantitative estimate of drug-likeness (QED) is 0.626. The van der Waals surface area contributed by atoms with Crippen molar-refractivity contribution in [3.8, 4) is 0 Å². The van der Waals surface area contributed by atoms with Gasteiger partial charge in [-0.3, -0.25) is 4.79 Å². The molecule has 0 saturated carbocycles. The van der Waals surface area contributed by atoms with Crippen molar-refractivity contribution in [2.45, 2.75) is 39.2 Å². The van der Waals surface area contributed by atoms with Crippen LogP contribution in [0.5, 0.6) is 0 Å². The SMILES string of the molecule is CCCCC1OC(C)=C([O-])C1=O. The maximum absolute atomic E-state index is 11.1. The third-order valence-corrected chi connectivity index (χ3v) is 1.97. The van der Waals surface area contributed by atoms with E-state index in [1.54, 1.807) is 6.92 Å². The second-order valence-electron chi connectivity index (χ2n) is 3.00. The zero-order valence-electron chi connectivity index (χ0n) is 7.42. The third-order valence-electron chi connectivity index (χ3n) is 1.97. The lowest BCUT2D eigenvalue weighted by atomic mass is 10.1. The van der Waals surface area contributed by atoms with Crippen molar-refractivity contribution in [3.63, 3.8) is 0 Å². The minimum atomic E-state index is -0.488. The fourth-order valence-corrected chi connectivity index (χ4v) is 1.22. The molecule has 1 aliphatic rings. The summed E-state index contributed by atoms with van der Waals surface area (Å²) in [6.45, 7) is 3.59. The summed E-state index contributed by atoms with van der Waals surface area (Å²) in [5.41, 5.74) is 0. The topological polar surface area (TPSA) is 49.4 Å². The Balaban J connectivity index is 2.49. The van der Waals surface area contributed by atoms with Gasteiger partial charge in [-0.2, -0.15) is 0 Å². The average molecular weight is 169 g/mol. The van der Waals surface area contributed by atoms with Crippen LogP contribution in [0.3, 0.4) is 0 Å². The van der Waals surface area contributed by atoms with Gasteiger partial charge in [-0.05, 0) is 25.5 Å². The van der Waals surface area contributed by atoms with E-state index in [0.717, 1.165) is 12.8 Å². The molecule has 0 aromatic carbocycles. The number of carbonyl (C=O) groups excluding carboxylic acids is 1. The molecule has 3 nitrogen and oxygen atoms in total. The highest BCUT2D eigenvalue weighted by atomic mass is 16.5. The Labute approximate surface area is 72.0 Å². The molecule has 0 fully saturated rings. The molecule has 0 radical (unpaired) electrons. The van der Waals surface area contributed by atoms with Gasteiger partial charge in [-0.25, -0.2) is 0 Å². The van der Waals surface area contributed by atoms with E-state index in [4.69, 9.17) is 4.74 Å². The van der Waals surface area contributed by atoms with Gasteiger partial charge in [0.15, 0.2) is 11.9 Å². The normalized spacial score (nSPS) is 23.2. The molecule has 68 valence electrons. The number of carbonyl (C=O) groups is 1. The summed E-state index contributed by atoms with van der Waals surface area (Å²) in [7, 11) is 0. The van der Waals surface area contributed by atoms with Crippen LogP contribution in [0.4, 0.5) is 0 Å². The fraction of sp³-hybridized carbons (Fsp3) is 0.667. The van der Waals surface area contributed by atoms with Gasteiger partial charge in [-0.15, -0.1) is 0 Å². The number of Topliss-reactive ketones (excluding diaryl/α,β-unsaturated/α-hetero) is 1. The van der Waals surface area contributed by atoms with Crippen molar-refractivity contribution in [3.05, 3.63) is 11.5 Å². The number of allylic oxidation sites excluding steroid dienone is 1. The van der Waals surface area contributed by atoms with E-state index in [1.165, 1.54) is 0 Å². The van der Waals surface area contributed by atoms with Crippen molar-refractivity contribution in [1.29, 1.82) is 0 Å². The molecule has 0 bridgehead atoms. The minimum Gasteiger partial charge on any atom is -0.868 e. The molecule has 1 unspecified atom stereocenters. The van der Waals surface area contributed by atoms with Crippen molar-refractivity contribution in [2.24, 2.45) is 0 Å². The van der Waals surface area contributed by atoms with Gasteiger partial charge in [-0.1, -0.05) is 13.3 Å². The van der Waals surface area contributed by atoms with Crippen LogP contribution < -0.4 is 5.11 Å². The Kier molecular flexibility index (Phi) is 2.74. The summed E-state index contributed by atoms with van der Waals surface area (Å²) in [4.78, 5) is 11.1. The number of ketones is 1. The summed E-state index contributed by atoms with van der Waals surface area (Å²) in [6.07, 6.45) is 2.12. The molecule has 3 heteroatoms. The second-order valence-corrected chi connectivity index (χ2v) is 3.00. The molecule has 0 aliphatic carbocycles. The van der Waals surface area contributed by atoms with Crippen LogP contribution in [0.2, 0.25) is 0 Å². The molecule has 1 heterocycles. The predicted molar refractivity (Wildman–Crippen MR) is 42.1 cm³/mol. The zero-order chi connectivity index (χ0) is 9.14. The molecule has 1 atom stereocenters. The van der Waals surface area contributed by atoms with Crippen LogP contribution in [0.15, 0.2) is 11.5 Å².